The topological polar surface area (TPSA) is 0 Å². The Balaban J connectivity index is 1.39. The van der Waals surface area contributed by atoms with E-state index in [1.165, 1.54) is 103 Å². The van der Waals surface area contributed by atoms with Crippen LogP contribution in [-0.2, 0) is 29.2 Å². The third-order valence-electron chi connectivity index (χ3n) is 13.6. The van der Waals surface area contributed by atoms with Crippen LogP contribution < -0.4 is 13.6 Å². The third kappa shape index (κ3) is 5.53. The van der Waals surface area contributed by atoms with Crippen LogP contribution in [0.15, 0.2) is 126 Å². The number of benzene rings is 6. The van der Waals surface area contributed by atoms with Gasteiger partial charge in [0.25, 0.3) is 0 Å². The van der Waals surface area contributed by atoms with Gasteiger partial charge in [0.15, 0.2) is 0 Å². The fourth-order valence-electron chi connectivity index (χ4n) is 11.0. The Labute approximate surface area is 344 Å². The number of fused-ring (bicyclic) bond motifs is 5. The Morgan fingerprint density at radius 3 is 1.45 bits per heavy atom. The van der Waals surface area contributed by atoms with E-state index < -0.39 is 25.9 Å². The van der Waals surface area contributed by atoms with Gasteiger partial charge < -0.3 is 0 Å². The minimum absolute atomic E-state index is 0.0728. The van der Waals surface area contributed by atoms with Crippen molar-refractivity contribution in [3.05, 3.63) is 171 Å². The average Bonchev–Trinajstić information content (AvgIpc) is 3.93. The van der Waals surface area contributed by atoms with Crippen LogP contribution in [0, 0.1) is 13.8 Å². The molecule has 2 aliphatic carbocycles. The summed E-state index contributed by atoms with van der Waals surface area (Å²) >= 11 is -5.57. The Hall–Kier alpha value is -3.52. The van der Waals surface area contributed by atoms with Crippen molar-refractivity contribution in [1.82, 2.24) is 0 Å². The minimum atomic E-state index is -5.57. The first-order chi connectivity index (χ1) is 27.1. The zero-order chi connectivity index (χ0) is 39.0. The number of halogens is 2. The van der Waals surface area contributed by atoms with Gasteiger partial charge in [0.05, 0.1) is 0 Å². The van der Waals surface area contributed by atoms with E-state index in [2.05, 4.69) is 169 Å². The monoisotopic (exact) mass is 863 g/mol. The molecular weight excluding hydrogens is 815 g/mol. The summed E-state index contributed by atoms with van der Waals surface area (Å²) in [5.41, 5.74) is 21.5. The van der Waals surface area contributed by atoms with Gasteiger partial charge in [-0.2, -0.15) is 0 Å². The molecule has 6 aromatic rings. The van der Waals surface area contributed by atoms with Crippen molar-refractivity contribution in [2.24, 2.45) is 0 Å². The van der Waals surface area contributed by atoms with Gasteiger partial charge in [0.1, 0.15) is 0 Å². The molecule has 0 aromatic heterocycles. The van der Waals surface area contributed by atoms with Crippen LogP contribution >= 0.6 is 17.0 Å². The molecule has 0 bridgehead atoms. The van der Waals surface area contributed by atoms with Crippen LogP contribution in [0.3, 0.4) is 0 Å². The van der Waals surface area contributed by atoms with E-state index >= 15 is 0 Å². The fourth-order valence-corrected chi connectivity index (χ4v) is 39.3. The van der Waals surface area contributed by atoms with Gasteiger partial charge in [-0.05, 0) is 0 Å². The molecular formula is C52H51Cl2SiZr. The molecule has 0 fully saturated rings. The molecule has 0 radical (unpaired) electrons. The molecule has 0 saturated heterocycles. The first kappa shape index (κ1) is 38.0. The number of hydrogen-bond donors (Lipinski definition) is 0. The van der Waals surface area contributed by atoms with Crippen molar-refractivity contribution in [2.45, 2.75) is 74.5 Å². The molecule has 1 heterocycles. The van der Waals surface area contributed by atoms with E-state index in [0.717, 1.165) is 25.7 Å². The van der Waals surface area contributed by atoms with Gasteiger partial charge in [-0.3, -0.25) is 0 Å². The van der Waals surface area contributed by atoms with Crippen LogP contribution in [0.1, 0.15) is 92.3 Å². The predicted octanol–water partition coefficient (Wildman–Crippen LogP) is 12.6. The van der Waals surface area contributed by atoms with Crippen LogP contribution in [0.5, 0.6) is 0 Å². The standard InChI is InChI=1S/2C20H21.C12H9Si.2ClH.Zr/c2*1-4-15-12-17-11-10-16(5-2)20(19(17)13-15)18-9-7-6-8-14(18)3;1-3-7-11-9(5-1)10-6-2-4-8-12(10)13-11;;;/h2*6-13H,4-5H2,1-3H3;1-7H,13H2;2*1H;/q;;;;;+2/p-2. The number of rotatable bonds is 9. The van der Waals surface area contributed by atoms with Crippen LogP contribution in [-0.4, -0.2) is 9.52 Å². The van der Waals surface area contributed by atoms with Gasteiger partial charge in [0, 0.05) is 0 Å². The zero-order valence-corrected chi connectivity index (χ0v) is 39.0. The second-order valence-corrected chi connectivity index (χ2v) is 38.8. The van der Waals surface area contributed by atoms with Crippen molar-refractivity contribution >= 4 is 52.3 Å². The van der Waals surface area contributed by atoms with Crippen molar-refractivity contribution < 1.29 is 16.4 Å². The van der Waals surface area contributed by atoms with E-state index in [0.29, 0.717) is 0 Å². The Bertz CT molecular complexity index is 2510. The Morgan fingerprint density at radius 2 is 0.964 bits per heavy atom. The molecule has 6 aromatic carbocycles. The summed E-state index contributed by atoms with van der Waals surface area (Å²) < 4.78 is 1.16. The van der Waals surface area contributed by atoms with Crippen molar-refractivity contribution in [1.29, 1.82) is 0 Å². The van der Waals surface area contributed by atoms with Gasteiger partial charge in [-0.15, -0.1) is 0 Å². The van der Waals surface area contributed by atoms with Gasteiger partial charge in [0.2, 0.25) is 0 Å². The van der Waals surface area contributed by atoms with Crippen molar-refractivity contribution in [2.75, 3.05) is 0 Å². The van der Waals surface area contributed by atoms with Crippen LogP contribution in [0.4, 0.5) is 0 Å². The van der Waals surface area contributed by atoms with Crippen molar-refractivity contribution in [3.8, 4) is 33.4 Å². The fraction of sp³-hybridized carbons (Fsp3) is 0.231. The molecule has 0 spiro atoms. The molecule has 0 N–H and O–H groups in total. The molecule has 2 atom stereocenters. The summed E-state index contributed by atoms with van der Waals surface area (Å²) in [4.78, 5) is 0. The molecule has 3 aliphatic rings. The summed E-state index contributed by atoms with van der Waals surface area (Å²) in [6.45, 7) is 13.7. The van der Waals surface area contributed by atoms with E-state index in [1.54, 1.807) is 0 Å². The summed E-state index contributed by atoms with van der Waals surface area (Å²) in [5, 5.41) is 2.98. The third-order valence-corrected chi connectivity index (χ3v) is 36.4. The van der Waals surface area contributed by atoms with E-state index in [9.17, 15) is 17.0 Å². The molecule has 0 nitrogen and oxygen atoms in total. The molecule has 1 aliphatic heterocycles. The molecule has 56 heavy (non-hydrogen) atoms. The second kappa shape index (κ2) is 14.4. The van der Waals surface area contributed by atoms with Gasteiger partial charge >= 0.3 is 348 Å². The number of allylic oxidation sites excluding steroid dienone is 2. The molecule has 9 rings (SSSR count). The van der Waals surface area contributed by atoms with E-state index in [4.69, 9.17) is 0 Å². The number of hydrogen-bond acceptors (Lipinski definition) is 0. The van der Waals surface area contributed by atoms with Crippen LogP contribution in [0.25, 0.3) is 45.5 Å². The predicted molar refractivity (Wildman–Crippen MR) is 245 cm³/mol. The van der Waals surface area contributed by atoms with E-state index in [1.807, 2.05) is 0 Å². The summed E-state index contributed by atoms with van der Waals surface area (Å²) in [6.07, 6.45) is 8.78. The van der Waals surface area contributed by atoms with Crippen LogP contribution in [0.2, 0.25) is 0 Å². The maximum absolute atomic E-state index is 9.28. The number of aryl methyl sites for hydroxylation is 4. The molecule has 2 unspecified atom stereocenters. The Kier molecular flexibility index (Phi) is 9.77. The molecule has 281 valence electrons. The summed E-state index contributed by atoms with van der Waals surface area (Å²) in [5.74, 6) is 0. The zero-order valence-electron chi connectivity index (χ0n) is 33.6. The van der Waals surface area contributed by atoms with Gasteiger partial charge in [-0.1, -0.05) is 0 Å². The SMILES string of the molecule is CCC1=Cc2c(ccc(CC)c2-c2ccccc2C)[CH]1[Zr]([Cl])([Cl])([c]1cccc2c1[SiH2]c1ccccc1-2)[CH]1C(CC)=Cc2c1ccc(CC)c2-c1ccccc1C. The second-order valence-electron chi connectivity index (χ2n) is 16.4. The molecule has 0 saturated carbocycles. The van der Waals surface area contributed by atoms with Gasteiger partial charge in [-0.25, -0.2) is 0 Å². The molecule has 0 amide bonds. The first-order valence-corrected chi connectivity index (χ1v) is 32.6. The normalized spacial score (nSPS) is 17.8. The Morgan fingerprint density at radius 1 is 0.500 bits per heavy atom. The van der Waals surface area contributed by atoms with Crippen molar-refractivity contribution in [3.63, 3.8) is 0 Å². The molecule has 4 heteroatoms. The average molecular weight is 866 g/mol. The summed E-state index contributed by atoms with van der Waals surface area (Å²) in [6, 6.07) is 43.5. The first-order valence-electron chi connectivity index (χ1n) is 20.8. The summed E-state index contributed by atoms with van der Waals surface area (Å²) in [7, 11) is 17.7. The maximum atomic E-state index is 9.28. The van der Waals surface area contributed by atoms with E-state index in [-0.39, 0.29) is 7.25 Å². The quantitative estimate of drug-likeness (QED) is 0.127.